The van der Waals surface area contributed by atoms with Crippen molar-refractivity contribution in [3.05, 3.63) is 62.1 Å². The van der Waals surface area contributed by atoms with Gasteiger partial charge in [0.1, 0.15) is 5.75 Å². The second kappa shape index (κ2) is 7.56. The minimum Gasteiger partial charge on any atom is -0.410 e. The Labute approximate surface area is 155 Å². The molecule has 0 saturated carbocycles. The highest BCUT2D eigenvalue weighted by Crippen LogP contribution is 2.22. The first-order chi connectivity index (χ1) is 12.8. The zero-order valence-electron chi connectivity index (χ0n) is 15.1. The van der Waals surface area contributed by atoms with Crippen LogP contribution in [0.4, 0.5) is 10.5 Å². The summed E-state index contributed by atoms with van der Waals surface area (Å²) in [5.41, 5.74) is 1.13. The Morgan fingerprint density at radius 2 is 2.00 bits per heavy atom. The largest absolute Gasteiger partial charge is 0.415 e. The highest BCUT2D eigenvalue weighted by molar-refractivity contribution is 5.71. The highest BCUT2D eigenvalue weighted by atomic mass is 16.6. The topological polar surface area (TPSA) is 108 Å². The molecule has 1 saturated heterocycles. The molecule has 3 rings (SSSR count). The zero-order valence-corrected chi connectivity index (χ0v) is 15.1. The lowest BCUT2D eigenvalue weighted by molar-refractivity contribution is -0.384. The molecule has 0 bridgehead atoms. The van der Waals surface area contributed by atoms with E-state index in [0.29, 0.717) is 18.7 Å². The summed E-state index contributed by atoms with van der Waals surface area (Å²) in [5.74, 6) is 0.231. The van der Waals surface area contributed by atoms with Crippen molar-refractivity contribution in [1.29, 1.82) is 0 Å². The zero-order chi connectivity index (χ0) is 19.6. The van der Waals surface area contributed by atoms with Crippen LogP contribution in [-0.2, 0) is 0 Å². The molecule has 1 atom stereocenters. The Morgan fingerprint density at radius 1 is 1.30 bits per heavy atom. The molecule has 2 aromatic rings. The summed E-state index contributed by atoms with van der Waals surface area (Å²) in [5, 5.41) is 15.0. The van der Waals surface area contributed by atoms with Crippen LogP contribution in [0.5, 0.6) is 5.75 Å². The van der Waals surface area contributed by atoms with E-state index in [0.717, 1.165) is 18.5 Å². The van der Waals surface area contributed by atoms with Crippen LogP contribution in [-0.4, -0.2) is 38.8 Å². The summed E-state index contributed by atoms with van der Waals surface area (Å²) < 4.78 is 6.76. The molecule has 1 aromatic carbocycles. The second-order valence-electron chi connectivity index (χ2n) is 6.58. The molecule has 0 N–H and O–H groups in total. The van der Waals surface area contributed by atoms with E-state index in [1.54, 1.807) is 13.0 Å². The van der Waals surface area contributed by atoms with Gasteiger partial charge in [-0.05, 0) is 44.9 Å². The Bertz CT molecular complexity index is 922. The number of carbonyl (C=O) groups is 1. The smallest absolute Gasteiger partial charge is 0.410 e. The number of hydrogen-bond donors (Lipinski definition) is 0. The van der Waals surface area contributed by atoms with Gasteiger partial charge < -0.3 is 9.64 Å². The van der Waals surface area contributed by atoms with Crippen molar-refractivity contribution < 1.29 is 14.5 Å². The maximum absolute atomic E-state index is 12.4. The minimum absolute atomic E-state index is 0.0758. The predicted octanol–water partition coefficient (Wildman–Crippen LogP) is 2.60. The Balaban J connectivity index is 1.71. The van der Waals surface area contributed by atoms with Crippen LogP contribution in [0.2, 0.25) is 0 Å². The third-order valence-corrected chi connectivity index (χ3v) is 4.49. The molecular formula is C18H20N4O5. The maximum Gasteiger partial charge on any atom is 0.415 e. The Hall–Kier alpha value is -3.23. The average molecular weight is 372 g/mol. The number of carbonyl (C=O) groups excluding carboxylic acids is 1. The van der Waals surface area contributed by atoms with Gasteiger partial charge in [0.25, 0.3) is 11.2 Å². The van der Waals surface area contributed by atoms with E-state index >= 15 is 0 Å². The van der Waals surface area contributed by atoms with Gasteiger partial charge in [-0.25, -0.2) is 9.48 Å². The first kappa shape index (κ1) is 18.6. The summed E-state index contributed by atoms with van der Waals surface area (Å²) in [6.07, 6.45) is 0.920. The number of rotatable bonds is 3. The maximum atomic E-state index is 12.4. The number of nitro groups is 1. The summed E-state index contributed by atoms with van der Waals surface area (Å²) >= 11 is 0. The molecule has 2 heterocycles. The number of hydrogen-bond acceptors (Lipinski definition) is 6. The molecular weight excluding hydrogens is 352 g/mol. The van der Waals surface area contributed by atoms with Crippen molar-refractivity contribution in [3.8, 4) is 5.75 Å². The van der Waals surface area contributed by atoms with Crippen molar-refractivity contribution in [1.82, 2.24) is 14.7 Å². The van der Waals surface area contributed by atoms with E-state index in [-0.39, 0.29) is 23.0 Å². The number of benzene rings is 1. The van der Waals surface area contributed by atoms with E-state index in [9.17, 15) is 19.7 Å². The molecule has 0 spiro atoms. The van der Waals surface area contributed by atoms with Crippen molar-refractivity contribution in [2.24, 2.45) is 0 Å². The van der Waals surface area contributed by atoms with Crippen LogP contribution in [0.3, 0.4) is 0 Å². The fraction of sp³-hybridized carbons (Fsp3) is 0.389. The number of non-ortho nitro benzene ring substituents is 1. The van der Waals surface area contributed by atoms with Crippen LogP contribution in [0.15, 0.2) is 35.1 Å². The van der Waals surface area contributed by atoms with Gasteiger partial charge in [0.15, 0.2) is 0 Å². The van der Waals surface area contributed by atoms with Crippen LogP contribution in [0.25, 0.3) is 0 Å². The standard InChI is InChI=1S/C18H20N4O5/c1-12-10-13(2)19-21(17(12)23)15-4-3-9-20(11-15)18(24)27-16-7-5-14(6-8-16)22(25)26/h5-8,10,15H,3-4,9,11H2,1-2H3/t15-/m1/s1. The molecule has 9 heteroatoms. The number of ether oxygens (including phenoxy) is 1. The normalized spacial score (nSPS) is 16.8. The predicted molar refractivity (Wildman–Crippen MR) is 96.9 cm³/mol. The third-order valence-electron chi connectivity index (χ3n) is 4.49. The van der Waals surface area contributed by atoms with Crippen molar-refractivity contribution >= 4 is 11.8 Å². The number of amides is 1. The summed E-state index contributed by atoms with van der Waals surface area (Å²) in [4.78, 5) is 36.5. The molecule has 1 fully saturated rings. The summed E-state index contributed by atoms with van der Waals surface area (Å²) in [7, 11) is 0. The Morgan fingerprint density at radius 3 is 2.67 bits per heavy atom. The molecule has 1 aliphatic heterocycles. The average Bonchev–Trinajstić information content (AvgIpc) is 2.65. The van der Waals surface area contributed by atoms with Gasteiger partial charge in [0.05, 0.1) is 16.7 Å². The molecule has 27 heavy (non-hydrogen) atoms. The SMILES string of the molecule is Cc1cc(C)c(=O)n([C@@H]2CCCN(C(=O)Oc3ccc([N+](=O)[O-])cc3)C2)n1. The summed E-state index contributed by atoms with van der Waals surface area (Å²) in [6, 6.07) is 6.85. The fourth-order valence-electron chi connectivity index (χ4n) is 3.17. The quantitative estimate of drug-likeness (QED) is 0.605. The number of nitro benzene ring substituents is 1. The van der Waals surface area contributed by atoms with Gasteiger partial charge in [-0.1, -0.05) is 0 Å². The van der Waals surface area contributed by atoms with Gasteiger partial charge in [-0.2, -0.15) is 5.10 Å². The van der Waals surface area contributed by atoms with Crippen molar-refractivity contribution in [2.45, 2.75) is 32.7 Å². The number of likely N-dealkylation sites (tertiary alicyclic amines) is 1. The first-order valence-corrected chi connectivity index (χ1v) is 8.63. The van der Waals surface area contributed by atoms with Crippen molar-refractivity contribution in [2.75, 3.05) is 13.1 Å². The van der Waals surface area contributed by atoms with E-state index in [2.05, 4.69) is 5.10 Å². The lowest BCUT2D eigenvalue weighted by Crippen LogP contribution is -2.45. The molecule has 1 amide bonds. The van der Waals surface area contributed by atoms with Crippen LogP contribution in [0.1, 0.15) is 30.1 Å². The minimum atomic E-state index is -0.550. The van der Waals surface area contributed by atoms with Crippen molar-refractivity contribution in [3.63, 3.8) is 0 Å². The number of nitrogens with zero attached hydrogens (tertiary/aromatic N) is 4. The highest BCUT2D eigenvalue weighted by Gasteiger charge is 2.27. The summed E-state index contributed by atoms with van der Waals surface area (Å²) in [6.45, 7) is 4.41. The molecule has 1 aliphatic rings. The number of piperidine rings is 1. The van der Waals surface area contributed by atoms with Gasteiger partial charge in [-0.3, -0.25) is 14.9 Å². The number of aryl methyl sites for hydroxylation is 2. The van der Waals surface area contributed by atoms with Crippen LogP contribution < -0.4 is 10.3 Å². The van der Waals surface area contributed by atoms with Gasteiger partial charge in [0.2, 0.25) is 0 Å². The Kier molecular flexibility index (Phi) is 5.20. The monoisotopic (exact) mass is 372 g/mol. The van der Waals surface area contributed by atoms with Crippen LogP contribution >= 0.6 is 0 Å². The molecule has 0 radical (unpaired) electrons. The van der Waals surface area contributed by atoms with Crippen LogP contribution in [0, 0.1) is 24.0 Å². The molecule has 0 aliphatic carbocycles. The lowest BCUT2D eigenvalue weighted by atomic mass is 10.1. The van der Waals surface area contributed by atoms with E-state index in [1.807, 2.05) is 6.92 Å². The van der Waals surface area contributed by atoms with E-state index < -0.39 is 11.0 Å². The molecule has 1 aromatic heterocycles. The molecule has 142 valence electrons. The van der Waals surface area contributed by atoms with Gasteiger partial charge in [-0.15, -0.1) is 0 Å². The molecule has 9 nitrogen and oxygen atoms in total. The third kappa shape index (κ3) is 4.13. The van der Waals surface area contributed by atoms with Gasteiger partial charge >= 0.3 is 6.09 Å². The molecule has 0 unspecified atom stereocenters. The second-order valence-corrected chi connectivity index (χ2v) is 6.58. The van der Waals surface area contributed by atoms with Gasteiger partial charge in [0, 0.05) is 30.8 Å². The van der Waals surface area contributed by atoms with E-state index in [4.69, 9.17) is 4.74 Å². The lowest BCUT2D eigenvalue weighted by Gasteiger charge is -2.32. The fourth-order valence-corrected chi connectivity index (χ4v) is 3.17. The van der Waals surface area contributed by atoms with E-state index in [1.165, 1.54) is 33.8 Å². The number of aromatic nitrogens is 2. The first-order valence-electron chi connectivity index (χ1n) is 8.63.